The minimum atomic E-state index is 0.116. The third-order valence-electron chi connectivity index (χ3n) is 4.45. The Balaban J connectivity index is 1.89. The molecular formula is C17H21ClN4O3. The van der Waals surface area contributed by atoms with Crippen LogP contribution in [0.3, 0.4) is 0 Å². The summed E-state index contributed by atoms with van der Waals surface area (Å²) in [5.74, 6) is 1.98. The van der Waals surface area contributed by atoms with E-state index < -0.39 is 0 Å². The number of carbonyl (C=O) groups is 1. The predicted molar refractivity (Wildman–Crippen MR) is 96.6 cm³/mol. The molecule has 0 aliphatic carbocycles. The molecule has 0 atom stereocenters. The Bertz CT molecular complexity index is 791. The maximum Gasteiger partial charge on any atom is 0.224 e. The van der Waals surface area contributed by atoms with Gasteiger partial charge in [0.15, 0.2) is 11.5 Å². The van der Waals surface area contributed by atoms with Crippen molar-refractivity contribution >= 4 is 34.2 Å². The van der Waals surface area contributed by atoms with E-state index in [2.05, 4.69) is 15.3 Å². The van der Waals surface area contributed by atoms with Gasteiger partial charge in [-0.05, 0) is 30.5 Å². The van der Waals surface area contributed by atoms with Crippen molar-refractivity contribution in [3.05, 3.63) is 17.4 Å². The molecule has 134 valence electrons. The normalized spacial score (nSPS) is 15.3. The van der Waals surface area contributed by atoms with Crippen LogP contribution in [-0.2, 0) is 4.79 Å². The first-order valence-electron chi connectivity index (χ1n) is 8.13. The molecule has 0 radical (unpaired) electrons. The number of nitrogens with zero attached hydrogens (tertiary/aromatic N) is 3. The van der Waals surface area contributed by atoms with Crippen LogP contribution in [0, 0.1) is 0 Å². The Labute approximate surface area is 151 Å². The number of fused-ring (bicyclic) bond motifs is 1. The summed E-state index contributed by atoms with van der Waals surface area (Å²) in [7, 11) is 3.17. The van der Waals surface area contributed by atoms with E-state index in [1.807, 2.05) is 11.0 Å². The Morgan fingerprint density at radius 1 is 1.20 bits per heavy atom. The highest BCUT2D eigenvalue weighted by atomic mass is 35.5. The molecule has 1 aromatic heterocycles. The number of aromatic nitrogens is 2. The van der Waals surface area contributed by atoms with Crippen LogP contribution in [0.1, 0.15) is 19.8 Å². The van der Waals surface area contributed by atoms with Crippen molar-refractivity contribution in [2.75, 3.05) is 32.6 Å². The Hall–Kier alpha value is -2.28. The van der Waals surface area contributed by atoms with Crippen molar-refractivity contribution in [3.8, 4) is 11.5 Å². The second kappa shape index (κ2) is 7.31. The highest BCUT2D eigenvalue weighted by molar-refractivity contribution is 6.28. The monoisotopic (exact) mass is 364 g/mol. The van der Waals surface area contributed by atoms with E-state index in [0.29, 0.717) is 22.8 Å². The van der Waals surface area contributed by atoms with Gasteiger partial charge in [0.1, 0.15) is 5.82 Å². The summed E-state index contributed by atoms with van der Waals surface area (Å²) in [5.41, 5.74) is 0.682. The number of hydrogen-bond acceptors (Lipinski definition) is 6. The Morgan fingerprint density at radius 2 is 1.84 bits per heavy atom. The number of rotatable bonds is 4. The van der Waals surface area contributed by atoms with E-state index in [4.69, 9.17) is 21.1 Å². The molecule has 25 heavy (non-hydrogen) atoms. The van der Waals surface area contributed by atoms with E-state index >= 15 is 0 Å². The van der Waals surface area contributed by atoms with Crippen LogP contribution in [0.2, 0.25) is 5.28 Å². The first-order chi connectivity index (χ1) is 12.0. The van der Waals surface area contributed by atoms with Crippen LogP contribution in [0.4, 0.5) is 5.82 Å². The van der Waals surface area contributed by atoms with E-state index in [1.165, 1.54) is 0 Å². The largest absolute Gasteiger partial charge is 0.493 e. The number of piperidine rings is 1. The lowest BCUT2D eigenvalue weighted by atomic mass is 10.0. The molecule has 1 N–H and O–H groups in total. The van der Waals surface area contributed by atoms with Gasteiger partial charge in [0.25, 0.3) is 0 Å². The van der Waals surface area contributed by atoms with Crippen LogP contribution in [0.25, 0.3) is 10.9 Å². The van der Waals surface area contributed by atoms with Gasteiger partial charge in [-0.1, -0.05) is 0 Å². The van der Waals surface area contributed by atoms with E-state index in [-0.39, 0.29) is 17.2 Å². The molecule has 2 heterocycles. The number of anilines is 1. The van der Waals surface area contributed by atoms with Crippen LogP contribution in [-0.4, -0.2) is 54.1 Å². The number of carbonyl (C=O) groups excluding carboxylic acids is 1. The molecule has 8 heteroatoms. The third kappa shape index (κ3) is 3.71. The summed E-state index contributed by atoms with van der Waals surface area (Å²) < 4.78 is 10.7. The fourth-order valence-electron chi connectivity index (χ4n) is 3.07. The van der Waals surface area contributed by atoms with Gasteiger partial charge in [-0.2, -0.15) is 0 Å². The molecule has 0 spiro atoms. The number of amides is 1. The molecular weight excluding hydrogens is 344 g/mol. The fourth-order valence-corrected chi connectivity index (χ4v) is 3.24. The maximum atomic E-state index is 11.5. The minimum Gasteiger partial charge on any atom is -0.493 e. The molecule has 0 unspecified atom stereocenters. The van der Waals surface area contributed by atoms with Gasteiger partial charge in [-0.25, -0.2) is 9.97 Å². The van der Waals surface area contributed by atoms with Crippen LogP contribution in [0.15, 0.2) is 12.1 Å². The van der Waals surface area contributed by atoms with Crippen molar-refractivity contribution < 1.29 is 14.3 Å². The fraction of sp³-hybridized carbons (Fsp3) is 0.471. The van der Waals surface area contributed by atoms with Crippen molar-refractivity contribution in [2.24, 2.45) is 0 Å². The third-order valence-corrected chi connectivity index (χ3v) is 4.62. The second-order valence-electron chi connectivity index (χ2n) is 5.99. The Kier molecular flexibility index (Phi) is 5.13. The summed E-state index contributed by atoms with van der Waals surface area (Å²) in [6.07, 6.45) is 1.71. The van der Waals surface area contributed by atoms with Crippen molar-refractivity contribution in [3.63, 3.8) is 0 Å². The van der Waals surface area contributed by atoms with Gasteiger partial charge in [-0.3, -0.25) is 4.79 Å². The number of halogens is 1. The summed E-state index contributed by atoms with van der Waals surface area (Å²) in [6.45, 7) is 3.08. The Morgan fingerprint density at radius 3 is 2.44 bits per heavy atom. The number of ether oxygens (including phenoxy) is 2. The average molecular weight is 365 g/mol. The molecule has 7 nitrogen and oxygen atoms in total. The highest BCUT2D eigenvalue weighted by Crippen LogP contribution is 2.35. The van der Waals surface area contributed by atoms with Crippen molar-refractivity contribution in [2.45, 2.75) is 25.8 Å². The molecule has 2 aromatic rings. The van der Waals surface area contributed by atoms with Gasteiger partial charge in [0.2, 0.25) is 11.2 Å². The number of hydrogen-bond donors (Lipinski definition) is 1. The van der Waals surface area contributed by atoms with Crippen LogP contribution in [0.5, 0.6) is 11.5 Å². The summed E-state index contributed by atoms with van der Waals surface area (Å²) in [6, 6.07) is 3.85. The first kappa shape index (κ1) is 17.5. The molecule has 1 aliphatic rings. The lowest BCUT2D eigenvalue weighted by molar-refractivity contribution is -0.129. The summed E-state index contributed by atoms with van der Waals surface area (Å²) >= 11 is 6.09. The van der Waals surface area contributed by atoms with Crippen molar-refractivity contribution in [1.29, 1.82) is 0 Å². The van der Waals surface area contributed by atoms with Crippen molar-refractivity contribution in [1.82, 2.24) is 14.9 Å². The van der Waals surface area contributed by atoms with Gasteiger partial charge < -0.3 is 19.7 Å². The quantitative estimate of drug-likeness (QED) is 0.840. The van der Waals surface area contributed by atoms with E-state index in [0.717, 1.165) is 31.3 Å². The number of methoxy groups -OCH3 is 2. The van der Waals surface area contributed by atoms with E-state index in [1.54, 1.807) is 27.2 Å². The maximum absolute atomic E-state index is 11.5. The SMILES string of the molecule is COc1cc2nc(Cl)nc(NC3CCN(C(C)=O)CC3)c2cc1OC. The average Bonchev–Trinajstić information content (AvgIpc) is 2.61. The molecule has 1 aromatic carbocycles. The lowest BCUT2D eigenvalue weighted by Crippen LogP contribution is -2.41. The zero-order chi connectivity index (χ0) is 18.0. The predicted octanol–water partition coefficient (Wildman–Crippen LogP) is 2.72. The number of nitrogens with one attached hydrogen (secondary N) is 1. The number of likely N-dealkylation sites (tertiary alicyclic amines) is 1. The van der Waals surface area contributed by atoms with Gasteiger partial charge in [-0.15, -0.1) is 0 Å². The molecule has 0 bridgehead atoms. The van der Waals surface area contributed by atoms with E-state index in [9.17, 15) is 4.79 Å². The zero-order valence-electron chi connectivity index (χ0n) is 14.5. The zero-order valence-corrected chi connectivity index (χ0v) is 15.3. The molecule has 1 fully saturated rings. The van der Waals surface area contributed by atoms with Crippen LogP contribution < -0.4 is 14.8 Å². The lowest BCUT2D eigenvalue weighted by Gasteiger charge is -2.32. The molecule has 0 saturated carbocycles. The smallest absolute Gasteiger partial charge is 0.224 e. The second-order valence-corrected chi connectivity index (χ2v) is 6.33. The summed E-state index contributed by atoms with van der Waals surface area (Å²) in [5, 5.41) is 4.43. The van der Waals surface area contributed by atoms with Gasteiger partial charge in [0, 0.05) is 37.5 Å². The molecule has 1 amide bonds. The van der Waals surface area contributed by atoms with Crippen LogP contribution >= 0.6 is 11.6 Å². The molecule has 1 saturated heterocycles. The molecule has 1 aliphatic heterocycles. The standard InChI is InChI=1S/C17H21ClN4O3/c1-10(23)22-6-4-11(5-7-22)19-16-12-8-14(24-2)15(25-3)9-13(12)20-17(18)21-16/h8-9,11H,4-7H2,1-3H3,(H,19,20,21). The highest BCUT2D eigenvalue weighted by Gasteiger charge is 2.22. The topological polar surface area (TPSA) is 76.6 Å². The van der Waals surface area contributed by atoms with Gasteiger partial charge >= 0.3 is 0 Å². The number of benzene rings is 1. The first-order valence-corrected chi connectivity index (χ1v) is 8.51. The summed E-state index contributed by atoms with van der Waals surface area (Å²) in [4.78, 5) is 21.9. The molecule has 3 rings (SSSR count). The van der Waals surface area contributed by atoms with Gasteiger partial charge in [0.05, 0.1) is 19.7 Å². The minimum absolute atomic E-state index is 0.116.